The summed E-state index contributed by atoms with van der Waals surface area (Å²) in [7, 11) is 0. The molecular formula is C23H34. The maximum atomic E-state index is 4.28. The monoisotopic (exact) mass is 310 g/mol. The molecule has 0 bridgehead atoms. The lowest BCUT2D eigenvalue weighted by Crippen LogP contribution is -2.18. The molecular weight excluding hydrogens is 276 g/mol. The van der Waals surface area contributed by atoms with Crippen molar-refractivity contribution in [3.05, 3.63) is 58.2 Å². The minimum absolute atomic E-state index is 0.519. The molecule has 126 valence electrons. The van der Waals surface area contributed by atoms with Crippen molar-refractivity contribution in [3.63, 3.8) is 0 Å². The molecule has 0 heterocycles. The van der Waals surface area contributed by atoms with E-state index in [4.69, 9.17) is 0 Å². The van der Waals surface area contributed by atoms with Gasteiger partial charge in [-0.1, -0.05) is 55.7 Å². The van der Waals surface area contributed by atoms with Gasteiger partial charge in [-0.2, -0.15) is 0 Å². The summed E-state index contributed by atoms with van der Waals surface area (Å²) in [6.07, 6.45) is 10.1. The summed E-state index contributed by atoms with van der Waals surface area (Å²) < 4.78 is 0. The topological polar surface area (TPSA) is 0 Å². The van der Waals surface area contributed by atoms with Crippen molar-refractivity contribution >= 4 is 0 Å². The predicted molar refractivity (Wildman–Crippen MR) is 103 cm³/mol. The van der Waals surface area contributed by atoms with Gasteiger partial charge in [0.2, 0.25) is 0 Å². The van der Waals surface area contributed by atoms with Gasteiger partial charge in [-0.25, -0.2) is 0 Å². The lowest BCUT2D eigenvalue weighted by atomic mass is 9.72. The van der Waals surface area contributed by atoms with Crippen molar-refractivity contribution in [1.29, 1.82) is 0 Å². The summed E-state index contributed by atoms with van der Waals surface area (Å²) in [6.45, 7) is 15.6. The van der Waals surface area contributed by atoms with E-state index in [2.05, 4.69) is 59.4 Å². The first-order valence-electron chi connectivity index (χ1n) is 9.36. The molecule has 0 spiro atoms. The van der Waals surface area contributed by atoms with E-state index in [1.807, 2.05) is 0 Å². The average Bonchev–Trinajstić information content (AvgIpc) is 2.46. The van der Waals surface area contributed by atoms with E-state index in [9.17, 15) is 0 Å². The van der Waals surface area contributed by atoms with Gasteiger partial charge < -0.3 is 0 Å². The van der Waals surface area contributed by atoms with Crippen LogP contribution in [0.2, 0.25) is 0 Å². The Morgan fingerprint density at radius 3 is 2.35 bits per heavy atom. The largest absolute Gasteiger partial charge is 0.0998 e. The van der Waals surface area contributed by atoms with Crippen LogP contribution in [0.25, 0.3) is 0 Å². The van der Waals surface area contributed by atoms with Gasteiger partial charge in [0.25, 0.3) is 0 Å². The zero-order valence-electron chi connectivity index (χ0n) is 15.8. The van der Waals surface area contributed by atoms with Crippen molar-refractivity contribution in [1.82, 2.24) is 0 Å². The highest BCUT2D eigenvalue weighted by Crippen LogP contribution is 2.42. The van der Waals surface area contributed by atoms with Crippen LogP contribution in [0, 0.1) is 19.8 Å². The van der Waals surface area contributed by atoms with Crippen LogP contribution >= 0.6 is 0 Å². The van der Waals surface area contributed by atoms with Crippen LogP contribution < -0.4 is 0 Å². The highest BCUT2D eigenvalue weighted by atomic mass is 14.3. The van der Waals surface area contributed by atoms with Crippen LogP contribution in [0.4, 0.5) is 0 Å². The summed E-state index contributed by atoms with van der Waals surface area (Å²) in [4.78, 5) is 0. The second-order valence-corrected chi connectivity index (χ2v) is 7.63. The normalized spacial score (nSPS) is 21.2. The molecule has 1 aliphatic carbocycles. The molecule has 23 heavy (non-hydrogen) atoms. The molecule has 0 aromatic heterocycles. The first-order chi connectivity index (χ1) is 10.9. The smallest absolute Gasteiger partial charge is 0.00911 e. The van der Waals surface area contributed by atoms with Crippen LogP contribution in [-0.4, -0.2) is 0 Å². The number of allylic oxidation sites excluding steroid dienone is 3. The van der Waals surface area contributed by atoms with Gasteiger partial charge in [-0.15, -0.1) is 0 Å². The van der Waals surface area contributed by atoms with Crippen molar-refractivity contribution in [2.24, 2.45) is 5.92 Å². The molecule has 0 aliphatic heterocycles. The Balaban J connectivity index is 2.34. The Hall–Kier alpha value is -1.30. The summed E-state index contributed by atoms with van der Waals surface area (Å²) in [5.74, 6) is 1.12. The zero-order valence-corrected chi connectivity index (χ0v) is 15.8. The number of rotatable bonds is 6. The summed E-state index contributed by atoms with van der Waals surface area (Å²) in [5.41, 5.74) is 8.89. The quantitative estimate of drug-likeness (QED) is 0.390. The molecule has 0 saturated heterocycles. The van der Waals surface area contributed by atoms with Gasteiger partial charge in [0.05, 0.1) is 0 Å². The second-order valence-electron chi connectivity index (χ2n) is 7.63. The highest BCUT2D eigenvalue weighted by Gasteiger charge is 2.27. The van der Waals surface area contributed by atoms with E-state index in [1.54, 1.807) is 11.1 Å². The SMILES string of the molecule is C=C(C)C1CCC(C)=CC1c1c(C)cc(CCCCC)cc1C. The fourth-order valence-electron chi connectivity index (χ4n) is 4.22. The Bertz CT molecular complexity index is 565. The van der Waals surface area contributed by atoms with E-state index in [-0.39, 0.29) is 0 Å². The summed E-state index contributed by atoms with van der Waals surface area (Å²) >= 11 is 0. The van der Waals surface area contributed by atoms with Crippen molar-refractivity contribution in [3.8, 4) is 0 Å². The number of hydrogen-bond donors (Lipinski definition) is 0. The first kappa shape index (κ1) is 18.0. The number of hydrogen-bond acceptors (Lipinski definition) is 0. The minimum atomic E-state index is 0.519. The Kier molecular flexibility index (Phi) is 6.27. The van der Waals surface area contributed by atoms with E-state index in [0.717, 1.165) is 0 Å². The van der Waals surface area contributed by atoms with Crippen LogP contribution in [0.15, 0.2) is 35.9 Å². The average molecular weight is 311 g/mol. The molecule has 0 N–H and O–H groups in total. The fraction of sp³-hybridized carbons (Fsp3) is 0.565. The summed E-state index contributed by atoms with van der Waals surface area (Å²) in [6, 6.07) is 4.87. The minimum Gasteiger partial charge on any atom is -0.0998 e. The lowest BCUT2D eigenvalue weighted by molar-refractivity contribution is 0.480. The van der Waals surface area contributed by atoms with E-state index < -0.39 is 0 Å². The molecule has 0 heteroatoms. The van der Waals surface area contributed by atoms with Gasteiger partial charge in [-0.3, -0.25) is 0 Å². The molecule has 0 amide bonds. The Morgan fingerprint density at radius 1 is 1.13 bits per heavy atom. The van der Waals surface area contributed by atoms with Crippen molar-refractivity contribution in [2.45, 2.75) is 79.1 Å². The van der Waals surface area contributed by atoms with Crippen LogP contribution in [0.3, 0.4) is 0 Å². The Labute approximate surface area is 143 Å². The molecule has 2 atom stereocenters. The molecule has 0 nitrogen and oxygen atoms in total. The van der Waals surface area contributed by atoms with Gasteiger partial charge >= 0.3 is 0 Å². The third-order valence-electron chi connectivity index (χ3n) is 5.44. The molecule has 1 aromatic carbocycles. The maximum Gasteiger partial charge on any atom is 0.00911 e. The Morgan fingerprint density at radius 2 is 1.78 bits per heavy atom. The lowest BCUT2D eigenvalue weighted by Gasteiger charge is -2.33. The number of aryl methyl sites for hydroxylation is 3. The standard InChI is InChI=1S/C23H34/c1-7-8-9-10-20-14-18(5)23(19(6)15-20)22-13-17(4)11-12-21(22)16(2)3/h13-15,21-22H,2,7-12H2,1,3-6H3. The first-order valence-corrected chi connectivity index (χ1v) is 9.36. The third kappa shape index (κ3) is 4.37. The van der Waals surface area contributed by atoms with E-state index in [0.29, 0.717) is 11.8 Å². The predicted octanol–water partition coefficient (Wildman–Crippen LogP) is 7.05. The van der Waals surface area contributed by atoms with Gasteiger partial charge in [0.1, 0.15) is 0 Å². The van der Waals surface area contributed by atoms with Crippen LogP contribution in [0.1, 0.15) is 81.0 Å². The van der Waals surface area contributed by atoms with Gasteiger partial charge in [-0.05, 0) is 81.5 Å². The molecule has 1 aromatic rings. The fourth-order valence-corrected chi connectivity index (χ4v) is 4.22. The second kappa shape index (κ2) is 7.99. The maximum absolute atomic E-state index is 4.28. The molecule has 1 aliphatic rings. The third-order valence-corrected chi connectivity index (χ3v) is 5.44. The molecule has 2 rings (SSSR count). The number of unbranched alkanes of at least 4 members (excludes halogenated alkanes) is 2. The molecule has 2 unspecified atom stereocenters. The highest BCUT2D eigenvalue weighted by molar-refractivity contribution is 5.44. The van der Waals surface area contributed by atoms with Gasteiger partial charge in [0, 0.05) is 5.92 Å². The van der Waals surface area contributed by atoms with Gasteiger partial charge in [0.15, 0.2) is 0 Å². The van der Waals surface area contributed by atoms with E-state index >= 15 is 0 Å². The van der Waals surface area contributed by atoms with Crippen LogP contribution in [-0.2, 0) is 6.42 Å². The van der Waals surface area contributed by atoms with Crippen LogP contribution in [0.5, 0.6) is 0 Å². The molecule has 0 radical (unpaired) electrons. The van der Waals surface area contributed by atoms with Crippen molar-refractivity contribution < 1.29 is 0 Å². The zero-order chi connectivity index (χ0) is 17.0. The molecule has 0 fully saturated rings. The summed E-state index contributed by atoms with van der Waals surface area (Å²) in [5, 5.41) is 0. The van der Waals surface area contributed by atoms with E-state index in [1.165, 1.54) is 60.8 Å². The number of benzene rings is 1. The van der Waals surface area contributed by atoms with Crippen molar-refractivity contribution in [2.75, 3.05) is 0 Å². The molecule has 0 saturated carbocycles.